The highest BCUT2D eigenvalue weighted by molar-refractivity contribution is 6.01. The lowest BCUT2D eigenvalue weighted by Crippen LogP contribution is -2.45. The van der Waals surface area contributed by atoms with Gasteiger partial charge in [0, 0.05) is 6.54 Å². The van der Waals surface area contributed by atoms with E-state index in [0.29, 0.717) is 12.3 Å². The van der Waals surface area contributed by atoms with Crippen molar-refractivity contribution in [3.8, 4) is 5.75 Å². The van der Waals surface area contributed by atoms with Crippen LogP contribution in [0.25, 0.3) is 0 Å². The number of rotatable bonds is 8. The number of nitrogens with one attached hydrogen (secondary N) is 1. The lowest BCUT2D eigenvalue weighted by Gasteiger charge is -2.18. The summed E-state index contributed by atoms with van der Waals surface area (Å²) in [6, 6.07) is 18.0. The van der Waals surface area contributed by atoms with Crippen LogP contribution in [0.4, 0.5) is 0 Å². The summed E-state index contributed by atoms with van der Waals surface area (Å²) in [6.07, 6.45) is -1.34. The molecule has 0 saturated carbocycles. The fourth-order valence-corrected chi connectivity index (χ4v) is 2.05. The van der Waals surface area contributed by atoms with Gasteiger partial charge < -0.3 is 14.8 Å². The van der Waals surface area contributed by atoms with Crippen LogP contribution in [0.5, 0.6) is 5.75 Å². The Kier molecular flexibility index (Phi) is 7.01. The van der Waals surface area contributed by atoms with Crippen LogP contribution in [0.15, 0.2) is 60.7 Å². The SMILES string of the molecule is CC(C)CNC(=O)C(Oc1ccccc1)C(=O)OCc1ccccc1. The summed E-state index contributed by atoms with van der Waals surface area (Å²) < 4.78 is 10.8. The number of esters is 1. The van der Waals surface area contributed by atoms with E-state index in [1.807, 2.05) is 50.2 Å². The van der Waals surface area contributed by atoms with Crippen molar-refractivity contribution in [3.63, 3.8) is 0 Å². The number of hydrogen-bond donors (Lipinski definition) is 1. The average Bonchev–Trinajstić information content (AvgIpc) is 2.64. The van der Waals surface area contributed by atoms with Crippen molar-refractivity contribution in [3.05, 3.63) is 66.2 Å². The summed E-state index contributed by atoms with van der Waals surface area (Å²) in [5.74, 6) is -0.518. The van der Waals surface area contributed by atoms with E-state index in [2.05, 4.69) is 5.32 Å². The molecular weight excluding hydrogens is 318 g/mol. The summed E-state index contributed by atoms with van der Waals surface area (Å²) in [5, 5.41) is 2.72. The van der Waals surface area contributed by atoms with E-state index >= 15 is 0 Å². The smallest absolute Gasteiger partial charge is 0.357 e. The maximum absolute atomic E-state index is 12.4. The molecular formula is C20H23NO4. The molecule has 2 aromatic rings. The van der Waals surface area contributed by atoms with E-state index in [1.165, 1.54) is 0 Å². The Morgan fingerprint density at radius 3 is 2.16 bits per heavy atom. The summed E-state index contributed by atoms with van der Waals surface area (Å²) in [5.41, 5.74) is 0.844. The van der Waals surface area contributed by atoms with Crippen LogP contribution < -0.4 is 10.1 Å². The Bertz CT molecular complexity index is 671. The van der Waals surface area contributed by atoms with Gasteiger partial charge in [-0.15, -0.1) is 0 Å². The predicted octanol–water partition coefficient (Wildman–Crippen LogP) is 2.95. The van der Waals surface area contributed by atoms with Crippen molar-refractivity contribution in [2.45, 2.75) is 26.6 Å². The zero-order valence-corrected chi connectivity index (χ0v) is 14.5. The first-order chi connectivity index (χ1) is 12.1. The number of ether oxygens (including phenoxy) is 2. The third-order valence-electron chi connectivity index (χ3n) is 3.36. The molecule has 0 aliphatic heterocycles. The second-order valence-electron chi connectivity index (χ2n) is 6.04. The zero-order chi connectivity index (χ0) is 18.1. The van der Waals surface area contributed by atoms with E-state index in [-0.39, 0.29) is 12.5 Å². The van der Waals surface area contributed by atoms with Gasteiger partial charge in [0.25, 0.3) is 12.0 Å². The Balaban J connectivity index is 2.03. The first-order valence-electron chi connectivity index (χ1n) is 8.26. The Labute approximate surface area is 148 Å². The van der Waals surface area contributed by atoms with Crippen LogP contribution in [0.3, 0.4) is 0 Å². The van der Waals surface area contributed by atoms with Crippen molar-refractivity contribution >= 4 is 11.9 Å². The van der Waals surface area contributed by atoms with Crippen LogP contribution in [-0.2, 0) is 20.9 Å². The molecule has 0 spiro atoms. The molecule has 0 bridgehead atoms. The van der Waals surface area contributed by atoms with E-state index in [1.54, 1.807) is 24.3 Å². The van der Waals surface area contributed by atoms with Gasteiger partial charge in [-0.05, 0) is 23.6 Å². The van der Waals surface area contributed by atoms with E-state index in [0.717, 1.165) is 5.56 Å². The summed E-state index contributed by atoms with van der Waals surface area (Å²) >= 11 is 0. The number of para-hydroxylation sites is 1. The first-order valence-corrected chi connectivity index (χ1v) is 8.26. The number of carbonyl (C=O) groups is 2. The molecule has 0 radical (unpaired) electrons. The van der Waals surface area contributed by atoms with Crippen molar-refractivity contribution < 1.29 is 19.1 Å². The molecule has 1 N–H and O–H groups in total. The van der Waals surface area contributed by atoms with Crippen molar-refractivity contribution in [2.24, 2.45) is 5.92 Å². The van der Waals surface area contributed by atoms with E-state index in [4.69, 9.17) is 9.47 Å². The third-order valence-corrected chi connectivity index (χ3v) is 3.36. The first kappa shape index (κ1) is 18.5. The number of carbonyl (C=O) groups excluding carboxylic acids is 2. The molecule has 5 heteroatoms. The third kappa shape index (κ3) is 6.30. The standard InChI is InChI=1S/C20H23NO4/c1-15(2)13-21-19(22)18(25-17-11-7-4-8-12-17)20(23)24-14-16-9-5-3-6-10-16/h3-12,15,18H,13-14H2,1-2H3,(H,21,22). The average molecular weight is 341 g/mol. The minimum atomic E-state index is -1.34. The van der Waals surface area contributed by atoms with Crippen LogP contribution in [-0.4, -0.2) is 24.5 Å². The Morgan fingerprint density at radius 2 is 1.56 bits per heavy atom. The molecule has 1 amide bonds. The zero-order valence-electron chi connectivity index (χ0n) is 14.5. The molecule has 0 saturated heterocycles. The van der Waals surface area contributed by atoms with E-state index in [9.17, 15) is 9.59 Å². The van der Waals surface area contributed by atoms with Gasteiger partial charge >= 0.3 is 5.97 Å². The second-order valence-corrected chi connectivity index (χ2v) is 6.04. The number of amides is 1. The van der Waals surface area contributed by atoms with Gasteiger partial charge in [0.1, 0.15) is 12.4 Å². The van der Waals surface area contributed by atoms with Crippen LogP contribution in [0, 0.1) is 5.92 Å². The highest BCUT2D eigenvalue weighted by Crippen LogP contribution is 2.13. The minimum absolute atomic E-state index is 0.0891. The Morgan fingerprint density at radius 1 is 0.960 bits per heavy atom. The molecule has 0 heterocycles. The van der Waals surface area contributed by atoms with Gasteiger partial charge in [-0.2, -0.15) is 0 Å². The summed E-state index contributed by atoms with van der Waals surface area (Å²) in [6.45, 7) is 4.49. The van der Waals surface area contributed by atoms with Gasteiger partial charge in [-0.1, -0.05) is 62.4 Å². The molecule has 1 unspecified atom stereocenters. The molecule has 0 aliphatic carbocycles. The topological polar surface area (TPSA) is 64.6 Å². The molecule has 2 aromatic carbocycles. The molecule has 1 atom stereocenters. The quantitative estimate of drug-likeness (QED) is 0.592. The maximum atomic E-state index is 12.4. The molecule has 0 aromatic heterocycles. The largest absolute Gasteiger partial charge is 0.469 e. The number of hydrogen-bond acceptors (Lipinski definition) is 4. The molecule has 5 nitrogen and oxygen atoms in total. The highest BCUT2D eigenvalue weighted by atomic mass is 16.6. The monoisotopic (exact) mass is 341 g/mol. The van der Waals surface area contributed by atoms with Gasteiger partial charge in [0.2, 0.25) is 0 Å². The normalized spacial score (nSPS) is 11.6. The highest BCUT2D eigenvalue weighted by Gasteiger charge is 2.30. The molecule has 0 aliphatic rings. The predicted molar refractivity (Wildman–Crippen MR) is 94.9 cm³/mol. The fraction of sp³-hybridized carbons (Fsp3) is 0.300. The number of benzene rings is 2. The van der Waals surface area contributed by atoms with Gasteiger partial charge in [0.15, 0.2) is 0 Å². The molecule has 0 fully saturated rings. The lowest BCUT2D eigenvalue weighted by atomic mass is 10.2. The van der Waals surface area contributed by atoms with Gasteiger partial charge in [0.05, 0.1) is 0 Å². The van der Waals surface area contributed by atoms with Gasteiger partial charge in [-0.3, -0.25) is 4.79 Å². The lowest BCUT2D eigenvalue weighted by molar-refractivity contribution is -0.157. The van der Waals surface area contributed by atoms with Crippen LogP contribution in [0.1, 0.15) is 19.4 Å². The molecule has 2 rings (SSSR count). The molecule has 25 heavy (non-hydrogen) atoms. The summed E-state index contributed by atoms with van der Waals surface area (Å²) in [7, 11) is 0. The minimum Gasteiger partial charge on any atom is -0.469 e. The van der Waals surface area contributed by atoms with Crippen molar-refractivity contribution in [1.82, 2.24) is 5.32 Å². The second kappa shape index (κ2) is 9.47. The van der Waals surface area contributed by atoms with Gasteiger partial charge in [-0.25, -0.2) is 4.79 Å². The van der Waals surface area contributed by atoms with Crippen LogP contribution in [0.2, 0.25) is 0 Å². The maximum Gasteiger partial charge on any atom is 0.357 e. The van der Waals surface area contributed by atoms with Crippen molar-refractivity contribution in [2.75, 3.05) is 6.54 Å². The Hall–Kier alpha value is -2.82. The van der Waals surface area contributed by atoms with Crippen LogP contribution >= 0.6 is 0 Å². The fourth-order valence-electron chi connectivity index (χ4n) is 2.05. The summed E-state index contributed by atoms with van der Waals surface area (Å²) in [4.78, 5) is 24.8. The molecule has 132 valence electrons. The van der Waals surface area contributed by atoms with E-state index < -0.39 is 18.0 Å². The van der Waals surface area contributed by atoms with Crippen molar-refractivity contribution in [1.29, 1.82) is 0 Å².